The second-order valence-electron chi connectivity index (χ2n) is 8.06. The van der Waals surface area contributed by atoms with Crippen LogP contribution in [0.2, 0.25) is 0 Å². The van der Waals surface area contributed by atoms with Crippen molar-refractivity contribution >= 4 is 17.7 Å². The highest BCUT2D eigenvalue weighted by atomic mass is 32.2. The highest BCUT2D eigenvalue weighted by molar-refractivity contribution is 7.99. The third kappa shape index (κ3) is 3.85. The molecule has 0 radical (unpaired) electrons. The largest absolute Gasteiger partial charge is 0.338 e. The minimum absolute atomic E-state index is 0.0597. The maximum Gasteiger partial charge on any atom is 0.254 e. The van der Waals surface area contributed by atoms with Gasteiger partial charge in [0.25, 0.3) is 5.56 Å². The molecule has 0 saturated carbocycles. The molecule has 134 valence electrons. The molecule has 6 heteroatoms. The van der Waals surface area contributed by atoms with E-state index in [2.05, 4.69) is 25.8 Å². The Morgan fingerprint density at radius 2 is 1.88 bits per heavy atom. The van der Waals surface area contributed by atoms with Crippen molar-refractivity contribution in [1.82, 2.24) is 14.5 Å². The molecule has 1 atom stereocenters. The zero-order chi connectivity index (χ0) is 18.2. The molecule has 2 heterocycles. The molecule has 1 aliphatic heterocycles. The van der Waals surface area contributed by atoms with Gasteiger partial charge in [-0.3, -0.25) is 14.2 Å². The zero-order valence-corrected chi connectivity index (χ0v) is 16.6. The molecule has 0 saturated heterocycles. The van der Waals surface area contributed by atoms with Gasteiger partial charge in [0.05, 0.1) is 11.6 Å². The van der Waals surface area contributed by atoms with E-state index >= 15 is 0 Å². The molecule has 1 aromatic rings. The lowest BCUT2D eigenvalue weighted by Crippen LogP contribution is -2.48. The van der Waals surface area contributed by atoms with Gasteiger partial charge in [0.2, 0.25) is 5.91 Å². The van der Waals surface area contributed by atoms with Gasteiger partial charge in [0.1, 0.15) is 0 Å². The second kappa shape index (κ2) is 6.90. The first kappa shape index (κ1) is 19.0. The molecule has 2 rings (SSSR count). The Morgan fingerprint density at radius 1 is 1.29 bits per heavy atom. The first-order valence-corrected chi connectivity index (χ1v) is 9.58. The Morgan fingerprint density at radius 3 is 2.38 bits per heavy atom. The smallest absolute Gasteiger partial charge is 0.254 e. The van der Waals surface area contributed by atoms with Crippen LogP contribution in [0.15, 0.2) is 16.0 Å². The number of aromatic nitrogens is 2. The summed E-state index contributed by atoms with van der Waals surface area (Å²) in [6.07, 6.45) is 0. The van der Waals surface area contributed by atoms with Crippen molar-refractivity contribution < 1.29 is 4.79 Å². The molecular weight excluding hydrogens is 322 g/mol. The monoisotopic (exact) mass is 351 g/mol. The fourth-order valence-corrected chi connectivity index (χ4v) is 4.14. The fraction of sp³-hybridized carbons (Fsp3) is 0.722. The van der Waals surface area contributed by atoms with E-state index < -0.39 is 0 Å². The third-order valence-electron chi connectivity index (χ3n) is 4.27. The summed E-state index contributed by atoms with van der Waals surface area (Å²) in [5, 5.41) is 0.733. The van der Waals surface area contributed by atoms with Crippen molar-refractivity contribution in [2.75, 3.05) is 5.75 Å². The SMILES string of the molecule is CC(C)N(C(=O)C1CSc2nc(C(C)(C)C)cc(=O)n2C1)C(C)C. The fourth-order valence-electron chi connectivity index (χ4n) is 3.06. The molecule has 1 amide bonds. The van der Waals surface area contributed by atoms with Gasteiger partial charge < -0.3 is 4.90 Å². The van der Waals surface area contributed by atoms with Crippen LogP contribution in [0.5, 0.6) is 0 Å². The number of hydrogen-bond acceptors (Lipinski definition) is 4. The molecule has 1 unspecified atom stereocenters. The lowest BCUT2D eigenvalue weighted by molar-refractivity contribution is -0.139. The molecule has 0 spiro atoms. The van der Waals surface area contributed by atoms with Crippen molar-refractivity contribution in [3.8, 4) is 0 Å². The Balaban J connectivity index is 2.30. The van der Waals surface area contributed by atoms with Crippen LogP contribution in [0.1, 0.15) is 54.2 Å². The summed E-state index contributed by atoms with van der Waals surface area (Å²) in [7, 11) is 0. The summed E-state index contributed by atoms with van der Waals surface area (Å²) < 4.78 is 1.66. The van der Waals surface area contributed by atoms with E-state index in [1.54, 1.807) is 10.6 Å². The van der Waals surface area contributed by atoms with Crippen molar-refractivity contribution in [3.63, 3.8) is 0 Å². The van der Waals surface area contributed by atoms with Crippen LogP contribution >= 0.6 is 11.8 Å². The number of amides is 1. The number of nitrogens with zero attached hydrogens (tertiary/aromatic N) is 3. The van der Waals surface area contributed by atoms with Crippen LogP contribution in [-0.4, -0.2) is 38.2 Å². The van der Waals surface area contributed by atoms with Gasteiger partial charge in [-0.1, -0.05) is 32.5 Å². The second-order valence-corrected chi connectivity index (χ2v) is 9.05. The van der Waals surface area contributed by atoms with Crippen LogP contribution in [0.4, 0.5) is 0 Å². The van der Waals surface area contributed by atoms with E-state index in [0.29, 0.717) is 12.3 Å². The van der Waals surface area contributed by atoms with Gasteiger partial charge in [-0.25, -0.2) is 4.98 Å². The molecule has 0 aromatic carbocycles. The van der Waals surface area contributed by atoms with Crippen molar-refractivity contribution in [1.29, 1.82) is 0 Å². The number of fused-ring (bicyclic) bond motifs is 1. The summed E-state index contributed by atoms with van der Waals surface area (Å²) in [5.74, 6) is 0.631. The molecule has 0 fully saturated rings. The van der Waals surface area contributed by atoms with E-state index in [1.807, 2.05) is 32.6 Å². The lowest BCUT2D eigenvalue weighted by atomic mass is 9.92. The van der Waals surface area contributed by atoms with Gasteiger partial charge in [0.15, 0.2) is 5.16 Å². The quantitative estimate of drug-likeness (QED) is 0.786. The van der Waals surface area contributed by atoms with E-state index in [1.165, 1.54) is 11.8 Å². The van der Waals surface area contributed by atoms with Crippen LogP contribution in [0.25, 0.3) is 0 Å². The van der Waals surface area contributed by atoms with E-state index in [-0.39, 0.29) is 34.9 Å². The first-order chi connectivity index (χ1) is 11.0. The predicted octanol–water partition coefficient (Wildman–Crippen LogP) is 2.91. The predicted molar refractivity (Wildman–Crippen MR) is 98.5 cm³/mol. The minimum atomic E-state index is -0.174. The van der Waals surface area contributed by atoms with Gasteiger partial charge in [-0.2, -0.15) is 0 Å². The summed E-state index contributed by atoms with van der Waals surface area (Å²) in [6.45, 7) is 14.7. The molecule has 0 bridgehead atoms. The number of hydrogen-bond donors (Lipinski definition) is 0. The van der Waals surface area contributed by atoms with Gasteiger partial charge in [-0.15, -0.1) is 0 Å². The van der Waals surface area contributed by atoms with Gasteiger partial charge >= 0.3 is 0 Å². The molecule has 24 heavy (non-hydrogen) atoms. The standard InChI is InChI=1S/C18H29N3O2S/c1-11(2)21(12(3)4)16(23)13-9-20-15(22)8-14(18(5,6)7)19-17(20)24-10-13/h8,11-13H,9-10H2,1-7H3. The first-order valence-electron chi connectivity index (χ1n) is 8.59. The number of thioether (sulfide) groups is 1. The highest BCUT2D eigenvalue weighted by Gasteiger charge is 2.33. The number of carbonyl (C=O) groups is 1. The highest BCUT2D eigenvalue weighted by Crippen LogP contribution is 2.29. The minimum Gasteiger partial charge on any atom is -0.338 e. The lowest BCUT2D eigenvalue weighted by Gasteiger charge is -2.35. The van der Waals surface area contributed by atoms with Crippen LogP contribution < -0.4 is 5.56 Å². The topological polar surface area (TPSA) is 55.2 Å². The molecule has 1 aliphatic rings. The van der Waals surface area contributed by atoms with Gasteiger partial charge in [-0.05, 0) is 27.7 Å². The van der Waals surface area contributed by atoms with E-state index in [9.17, 15) is 9.59 Å². The normalized spacial score (nSPS) is 18.0. The summed E-state index contributed by atoms with van der Waals surface area (Å²) in [6, 6.07) is 1.92. The molecule has 1 aromatic heterocycles. The Labute approximate surface area is 148 Å². The van der Waals surface area contributed by atoms with Gasteiger partial charge in [0, 0.05) is 35.9 Å². The molecule has 0 aliphatic carbocycles. The Bertz CT molecular complexity index is 666. The summed E-state index contributed by atoms with van der Waals surface area (Å²) >= 11 is 1.51. The van der Waals surface area contributed by atoms with E-state index in [4.69, 9.17) is 0 Å². The van der Waals surface area contributed by atoms with Crippen molar-refractivity contribution in [3.05, 3.63) is 22.1 Å². The number of rotatable bonds is 3. The summed E-state index contributed by atoms with van der Waals surface area (Å²) in [4.78, 5) is 32.0. The molecular formula is C18H29N3O2S. The molecule has 5 nitrogen and oxygen atoms in total. The van der Waals surface area contributed by atoms with E-state index in [0.717, 1.165) is 10.9 Å². The molecule has 0 N–H and O–H groups in total. The Kier molecular flexibility index (Phi) is 5.47. The summed E-state index contributed by atoms with van der Waals surface area (Å²) in [5.41, 5.74) is 0.589. The van der Waals surface area contributed by atoms with Crippen LogP contribution in [0, 0.1) is 5.92 Å². The maximum absolute atomic E-state index is 12.9. The Hall–Kier alpha value is -1.30. The van der Waals surface area contributed by atoms with Crippen LogP contribution in [0.3, 0.4) is 0 Å². The van der Waals surface area contributed by atoms with Crippen molar-refractivity contribution in [2.45, 2.75) is 77.7 Å². The van der Waals surface area contributed by atoms with Crippen molar-refractivity contribution in [2.24, 2.45) is 5.92 Å². The maximum atomic E-state index is 12.9. The van der Waals surface area contributed by atoms with Crippen LogP contribution in [-0.2, 0) is 16.8 Å². The average Bonchev–Trinajstić information content (AvgIpc) is 2.45. The average molecular weight is 352 g/mol. The zero-order valence-electron chi connectivity index (χ0n) is 15.8. The third-order valence-corrected chi connectivity index (χ3v) is 5.41. The number of carbonyl (C=O) groups excluding carboxylic acids is 1.